The number of aliphatic hydroxyl groups is 1. The molecular weight excluding hydrogens is 327 g/mol. The number of allylic oxidation sites excluding steroid dienone is 2. The van der Waals surface area contributed by atoms with Crippen LogP contribution in [0.15, 0.2) is 41.2 Å². The summed E-state index contributed by atoms with van der Waals surface area (Å²) in [5.41, 5.74) is 4.82. The van der Waals surface area contributed by atoms with Gasteiger partial charge in [0.1, 0.15) is 5.82 Å². The first kappa shape index (κ1) is 19.0. The second-order valence-corrected chi connectivity index (χ2v) is 8.36. The maximum Gasteiger partial charge on any atom is 0.123 e. The SMILES string of the molecule is CC(C)C1=C(NC2CC2)C(c2ccc(F)cc2)=C(CO)C(C)(C(C)C)N1. The molecule has 1 fully saturated rings. The molecule has 1 unspecified atom stereocenters. The van der Waals surface area contributed by atoms with E-state index in [0.29, 0.717) is 12.0 Å². The van der Waals surface area contributed by atoms with Crippen molar-refractivity contribution in [2.45, 2.75) is 59.0 Å². The van der Waals surface area contributed by atoms with Gasteiger partial charge < -0.3 is 15.7 Å². The van der Waals surface area contributed by atoms with E-state index in [0.717, 1.165) is 22.4 Å². The lowest BCUT2D eigenvalue weighted by molar-refractivity contribution is 0.254. The minimum absolute atomic E-state index is 0.0321. The maximum atomic E-state index is 13.5. The van der Waals surface area contributed by atoms with Gasteiger partial charge in [-0.2, -0.15) is 0 Å². The highest BCUT2D eigenvalue weighted by Crippen LogP contribution is 2.42. The minimum Gasteiger partial charge on any atom is -0.392 e. The molecule has 2 aliphatic rings. The summed E-state index contributed by atoms with van der Waals surface area (Å²) in [4.78, 5) is 0. The van der Waals surface area contributed by atoms with Gasteiger partial charge in [0, 0.05) is 17.3 Å². The van der Waals surface area contributed by atoms with Crippen LogP contribution in [0.1, 0.15) is 53.0 Å². The molecule has 1 aliphatic heterocycles. The molecule has 0 amide bonds. The summed E-state index contributed by atoms with van der Waals surface area (Å²) in [6, 6.07) is 7.11. The van der Waals surface area contributed by atoms with Crippen LogP contribution in [0.4, 0.5) is 4.39 Å². The molecule has 1 aromatic carbocycles. The van der Waals surface area contributed by atoms with E-state index in [1.807, 2.05) is 12.1 Å². The molecule has 3 nitrogen and oxygen atoms in total. The average Bonchev–Trinajstić information content (AvgIpc) is 3.40. The molecule has 1 aliphatic carbocycles. The molecule has 26 heavy (non-hydrogen) atoms. The molecule has 1 aromatic rings. The number of aliphatic hydroxyl groups excluding tert-OH is 1. The number of dihydropyridines is 1. The van der Waals surface area contributed by atoms with Crippen molar-refractivity contribution >= 4 is 5.57 Å². The van der Waals surface area contributed by atoms with E-state index in [1.54, 1.807) is 0 Å². The lowest BCUT2D eigenvalue weighted by atomic mass is 9.73. The summed E-state index contributed by atoms with van der Waals surface area (Å²) >= 11 is 0. The first-order valence-electron chi connectivity index (χ1n) is 9.67. The highest BCUT2D eigenvalue weighted by Gasteiger charge is 2.41. The first-order chi connectivity index (χ1) is 12.3. The second-order valence-electron chi connectivity index (χ2n) is 8.36. The van der Waals surface area contributed by atoms with Crippen LogP contribution in [0.3, 0.4) is 0 Å². The number of rotatable bonds is 6. The van der Waals surface area contributed by atoms with Crippen molar-refractivity contribution in [3.05, 3.63) is 52.6 Å². The van der Waals surface area contributed by atoms with Crippen molar-refractivity contribution in [1.82, 2.24) is 10.6 Å². The lowest BCUT2D eigenvalue weighted by Gasteiger charge is -2.45. The van der Waals surface area contributed by atoms with E-state index in [4.69, 9.17) is 0 Å². The molecule has 1 heterocycles. The fourth-order valence-electron chi connectivity index (χ4n) is 3.65. The molecule has 0 spiro atoms. The van der Waals surface area contributed by atoms with Crippen LogP contribution in [-0.4, -0.2) is 23.3 Å². The van der Waals surface area contributed by atoms with Gasteiger partial charge in [0.2, 0.25) is 0 Å². The van der Waals surface area contributed by atoms with Crippen molar-refractivity contribution in [1.29, 1.82) is 0 Å². The Hall–Kier alpha value is -1.81. The van der Waals surface area contributed by atoms with E-state index in [9.17, 15) is 9.50 Å². The molecule has 3 N–H and O–H groups in total. The third kappa shape index (κ3) is 3.39. The fraction of sp³-hybridized carbons (Fsp3) is 0.545. The highest BCUT2D eigenvalue weighted by atomic mass is 19.1. The van der Waals surface area contributed by atoms with Crippen molar-refractivity contribution in [3.63, 3.8) is 0 Å². The smallest absolute Gasteiger partial charge is 0.123 e. The van der Waals surface area contributed by atoms with E-state index in [-0.39, 0.29) is 23.9 Å². The van der Waals surface area contributed by atoms with Crippen LogP contribution in [0.25, 0.3) is 5.57 Å². The van der Waals surface area contributed by atoms with Gasteiger partial charge in [-0.15, -0.1) is 0 Å². The molecule has 142 valence electrons. The molecule has 1 atom stereocenters. The van der Waals surface area contributed by atoms with E-state index >= 15 is 0 Å². The Bertz CT molecular complexity index is 729. The summed E-state index contributed by atoms with van der Waals surface area (Å²) in [7, 11) is 0. The Balaban J connectivity index is 2.25. The predicted octanol–water partition coefficient (Wildman–Crippen LogP) is 4.21. The Morgan fingerprint density at radius 1 is 1.19 bits per heavy atom. The van der Waals surface area contributed by atoms with Gasteiger partial charge in [0.05, 0.1) is 17.8 Å². The van der Waals surface area contributed by atoms with Crippen molar-refractivity contribution in [2.24, 2.45) is 11.8 Å². The first-order valence-corrected chi connectivity index (χ1v) is 9.67. The van der Waals surface area contributed by atoms with E-state index in [1.165, 1.54) is 30.7 Å². The predicted molar refractivity (Wildman–Crippen MR) is 105 cm³/mol. The van der Waals surface area contributed by atoms with Gasteiger partial charge in [0.25, 0.3) is 0 Å². The summed E-state index contributed by atoms with van der Waals surface area (Å²) in [5.74, 6) is 0.353. The van der Waals surface area contributed by atoms with Gasteiger partial charge in [-0.25, -0.2) is 4.39 Å². The maximum absolute atomic E-state index is 13.5. The summed E-state index contributed by atoms with van der Waals surface area (Å²) < 4.78 is 13.5. The third-order valence-electron chi connectivity index (χ3n) is 5.79. The third-order valence-corrected chi connectivity index (χ3v) is 5.79. The topological polar surface area (TPSA) is 44.3 Å². The molecular formula is C22H31FN2O. The molecule has 0 saturated heterocycles. The van der Waals surface area contributed by atoms with E-state index in [2.05, 4.69) is 45.3 Å². The van der Waals surface area contributed by atoms with Crippen LogP contribution in [0.2, 0.25) is 0 Å². The Labute approximate surface area is 156 Å². The number of nitrogens with one attached hydrogen (secondary N) is 2. The molecule has 3 rings (SSSR count). The molecule has 0 aromatic heterocycles. The van der Waals surface area contributed by atoms with Gasteiger partial charge in [-0.3, -0.25) is 0 Å². The summed E-state index contributed by atoms with van der Waals surface area (Å²) in [6.45, 7) is 10.8. The molecule has 0 radical (unpaired) electrons. The van der Waals surface area contributed by atoms with Gasteiger partial charge in [0.15, 0.2) is 0 Å². The standard InChI is InChI=1S/C22H31FN2O/c1-13(2)20-21(24-17-10-11-17)19(15-6-8-16(23)9-7-15)18(12-26)22(5,25-20)14(3)4/h6-9,13-14,17,24-26H,10-12H2,1-5H3. The zero-order valence-corrected chi connectivity index (χ0v) is 16.5. The number of benzene rings is 1. The van der Waals surface area contributed by atoms with Crippen LogP contribution in [0.5, 0.6) is 0 Å². The summed E-state index contributed by atoms with van der Waals surface area (Å²) in [5, 5.41) is 17.8. The van der Waals surface area contributed by atoms with Gasteiger partial charge in [-0.1, -0.05) is 39.8 Å². The van der Waals surface area contributed by atoms with Gasteiger partial charge in [-0.05, 0) is 54.9 Å². The van der Waals surface area contributed by atoms with Crippen molar-refractivity contribution in [2.75, 3.05) is 6.61 Å². The van der Waals surface area contributed by atoms with Crippen LogP contribution >= 0.6 is 0 Å². The zero-order valence-electron chi connectivity index (χ0n) is 16.5. The van der Waals surface area contributed by atoms with Crippen molar-refractivity contribution < 1.29 is 9.50 Å². The van der Waals surface area contributed by atoms with Crippen LogP contribution < -0.4 is 10.6 Å². The number of hydrogen-bond acceptors (Lipinski definition) is 3. The Morgan fingerprint density at radius 2 is 1.81 bits per heavy atom. The second kappa shape index (κ2) is 7.07. The largest absolute Gasteiger partial charge is 0.392 e. The van der Waals surface area contributed by atoms with Gasteiger partial charge >= 0.3 is 0 Å². The molecule has 0 bridgehead atoms. The molecule has 4 heteroatoms. The molecule has 1 saturated carbocycles. The zero-order chi connectivity index (χ0) is 19.1. The van der Waals surface area contributed by atoms with Crippen LogP contribution in [0, 0.1) is 17.7 Å². The fourth-order valence-corrected chi connectivity index (χ4v) is 3.65. The highest BCUT2D eigenvalue weighted by molar-refractivity contribution is 5.84. The monoisotopic (exact) mass is 358 g/mol. The average molecular weight is 359 g/mol. The van der Waals surface area contributed by atoms with Crippen molar-refractivity contribution in [3.8, 4) is 0 Å². The number of hydrogen-bond donors (Lipinski definition) is 3. The Morgan fingerprint density at radius 3 is 2.27 bits per heavy atom. The van der Waals surface area contributed by atoms with E-state index < -0.39 is 0 Å². The van der Waals surface area contributed by atoms with Crippen LogP contribution in [-0.2, 0) is 0 Å². The summed E-state index contributed by atoms with van der Waals surface area (Å²) in [6.07, 6.45) is 2.34. The Kier molecular flexibility index (Phi) is 5.16. The lowest BCUT2D eigenvalue weighted by Crippen LogP contribution is -2.53. The quantitative estimate of drug-likeness (QED) is 0.714. The minimum atomic E-state index is -0.354. The normalized spacial score (nSPS) is 23.7. The number of halogens is 1.